The van der Waals surface area contributed by atoms with Crippen molar-refractivity contribution < 1.29 is 18.3 Å². The topological polar surface area (TPSA) is 36.9 Å². The van der Waals surface area contributed by atoms with Crippen LogP contribution in [0.1, 0.15) is 6.92 Å². The van der Waals surface area contributed by atoms with Gasteiger partial charge < -0.3 is 0 Å². The van der Waals surface area contributed by atoms with Crippen LogP contribution in [0.3, 0.4) is 0 Å². The van der Waals surface area contributed by atoms with Crippen molar-refractivity contribution in [2.45, 2.75) is 6.92 Å². The zero-order valence-corrected chi connectivity index (χ0v) is 9.25. The Bertz CT molecular complexity index is 97.3. The van der Waals surface area contributed by atoms with Gasteiger partial charge in [0, 0.05) is 0 Å². The first-order chi connectivity index (χ1) is 5.74. The summed E-state index contributed by atoms with van der Waals surface area (Å²) in [5, 5.41) is 0. The van der Waals surface area contributed by atoms with Crippen LogP contribution in [-0.4, -0.2) is 40.7 Å². The number of hydrogen-bond acceptors (Lipinski definition) is 4. The van der Waals surface area contributed by atoms with E-state index in [-0.39, 0.29) is 0 Å². The summed E-state index contributed by atoms with van der Waals surface area (Å²) in [5.41, 5.74) is 0. The van der Waals surface area contributed by atoms with Crippen LogP contribution in [0.25, 0.3) is 0 Å². The van der Waals surface area contributed by atoms with E-state index >= 15 is 0 Å². The number of ether oxygens (including phenoxy) is 1. The zero-order valence-electron chi connectivity index (χ0n) is 8.25. The van der Waals surface area contributed by atoms with Gasteiger partial charge in [0.25, 0.3) is 0 Å². The summed E-state index contributed by atoms with van der Waals surface area (Å²) < 4.78 is 20.8. The number of hydrogen-bond donors (Lipinski definition) is 0. The average molecular weight is 198 g/mol. The van der Waals surface area contributed by atoms with E-state index in [1.54, 1.807) is 21.3 Å². The maximum atomic E-state index is 5.20. The normalized spacial score (nSPS) is 13.3. The van der Waals surface area contributed by atoms with Crippen molar-refractivity contribution >= 4 is 7.94 Å². The minimum atomic E-state index is -2.38. The molecule has 4 nitrogen and oxygen atoms in total. The summed E-state index contributed by atoms with van der Waals surface area (Å²) in [4.78, 5) is 0. The molecule has 0 aromatic heterocycles. The Labute approximate surface area is 74.7 Å². The summed E-state index contributed by atoms with van der Waals surface area (Å²) in [7, 11) is 2.43. The van der Waals surface area contributed by atoms with Gasteiger partial charge in [0.15, 0.2) is 0 Å². The van der Waals surface area contributed by atoms with Gasteiger partial charge in [0.2, 0.25) is 0 Å². The second-order valence-corrected chi connectivity index (χ2v) is 5.33. The molecule has 5 heteroatoms. The van der Waals surface area contributed by atoms with Crippen LogP contribution in [0.2, 0.25) is 0 Å². The van der Waals surface area contributed by atoms with Crippen molar-refractivity contribution in [2.75, 3.05) is 40.7 Å². The molecule has 0 aliphatic carbocycles. The molecule has 0 aliphatic rings. The molecule has 0 aliphatic heterocycles. The van der Waals surface area contributed by atoms with E-state index in [4.69, 9.17) is 18.3 Å². The van der Waals surface area contributed by atoms with Crippen LogP contribution in [0.5, 0.6) is 0 Å². The van der Waals surface area contributed by atoms with Crippen molar-refractivity contribution in [2.24, 2.45) is 0 Å². The third-order valence-electron chi connectivity index (χ3n) is 1.69. The monoisotopic (exact) mass is 198 g/mol. The molecule has 0 fully saturated rings. The fourth-order valence-corrected chi connectivity index (χ4v) is 2.40. The summed E-state index contributed by atoms with van der Waals surface area (Å²) in [6, 6.07) is 0. The predicted octanol–water partition coefficient (Wildman–Crippen LogP) is 1.46. The maximum absolute atomic E-state index is 5.20. The van der Waals surface area contributed by atoms with Gasteiger partial charge in [0.1, 0.15) is 0 Å². The second-order valence-electron chi connectivity index (χ2n) is 2.24. The molecule has 0 aromatic carbocycles. The van der Waals surface area contributed by atoms with E-state index in [9.17, 15) is 0 Å². The standard InChI is InChI=1S/C7H19O4P/c1-5-11-6-7-12(8-2,9-3)10-4/h12H,5-7H2,1-4H3. The fraction of sp³-hybridized carbons (Fsp3) is 1.00. The fourth-order valence-electron chi connectivity index (χ4n) is 0.898. The SMILES string of the molecule is CCOCC[PH](OC)(OC)OC. The third kappa shape index (κ3) is 3.78. The van der Waals surface area contributed by atoms with Crippen molar-refractivity contribution in [3.8, 4) is 0 Å². The molecule has 0 radical (unpaired) electrons. The Morgan fingerprint density at radius 1 is 1.00 bits per heavy atom. The van der Waals surface area contributed by atoms with Gasteiger partial charge >= 0.3 is 73.9 Å². The molecular formula is C7H19O4P. The van der Waals surface area contributed by atoms with Crippen LogP contribution in [0.4, 0.5) is 0 Å². The predicted molar refractivity (Wildman–Crippen MR) is 50.7 cm³/mol. The Hall–Kier alpha value is 0.270. The van der Waals surface area contributed by atoms with Crippen LogP contribution >= 0.6 is 7.94 Å². The molecule has 0 spiro atoms. The first kappa shape index (κ1) is 12.3. The van der Waals surface area contributed by atoms with E-state index in [2.05, 4.69) is 0 Å². The first-order valence-electron chi connectivity index (χ1n) is 3.98. The van der Waals surface area contributed by atoms with E-state index in [1.165, 1.54) is 0 Å². The molecule has 0 aromatic rings. The molecule has 76 valence electrons. The zero-order chi connectivity index (χ0) is 9.45. The van der Waals surface area contributed by atoms with Crippen LogP contribution in [0, 0.1) is 0 Å². The van der Waals surface area contributed by atoms with E-state index < -0.39 is 7.94 Å². The van der Waals surface area contributed by atoms with Crippen LogP contribution in [0.15, 0.2) is 0 Å². The van der Waals surface area contributed by atoms with Gasteiger partial charge in [-0.25, -0.2) is 0 Å². The minimum absolute atomic E-state index is 0.623. The van der Waals surface area contributed by atoms with E-state index in [0.717, 1.165) is 0 Å². The van der Waals surface area contributed by atoms with Crippen molar-refractivity contribution in [1.29, 1.82) is 0 Å². The molecule has 0 saturated carbocycles. The summed E-state index contributed by atoms with van der Waals surface area (Å²) in [6.45, 7) is 3.29. The van der Waals surface area contributed by atoms with Gasteiger partial charge in [-0.2, -0.15) is 0 Å². The van der Waals surface area contributed by atoms with E-state index in [0.29, 0.717) is 19.4 Å². The van der Waals surface area contributed by atoms with Gasteiger partial charge in [-0.1, -0.05) is 0 Å². The average Bonchev–Trinajstić information content (AvgIpc) is 2.14. The molecule has 0 saturated heterocycles. The molecular weight excluding hydrogens is 179 g/mol. The van der Waals surface area contributed by atoms with Crippen LogP contribution in [-0.2, 0) is 18.3 Å². The number of rotatable bonds is 7. The molecule has 0 atom stereocenters. The Morgan fingerprint density at radius 3 is 1.83 bits per heavy atom. The van der Waals surface area contributed by atoms with Gasteiger partial charge in [-0.3, -0.25) is 0 Å². The Kier molecular flexibility index (Phi) is 6.90. The third-order valence-corrected chi connectivity index (χ3v) is 4.37. The molecule has 12 heavy (non-hydrogen) atoms. The van der Waals surface area contributed by atoms with Gasteiger partial charge in [0.05, 0.1) is 0 Å². The molecule has 0 amide bonds. The molecule has 0 rings (SSSR count). The van der Waals surface area contributed by atoms with Gasteiger partial charge in [-0.05, 0) is 0 Å². The quantitative estimate of drug-likeness (QED) is 0.458. The van der Waals surface area contributed by atoms with E-state index in [1.807, 2.05) is 6.92 Å². The molecule has 0 bridgehead atoms. The molecule has 0 N–H and O–H groups in total. The summed E-state index contributed by atoms with van der Waals surface area (Å²) >= 11 is 0. The van der Waals surface area contributed by atoms with Crippen molar-refractivity contribution in [3.63, 3.8) is 0 Å². The Morgan fingerprint density at radius 2 is 1.50 bits per heavy atom. The summed E-state index contributed by atoms with van der Waals surface area (Å²) in [5.74, 6) is 0. The van der Waals surface area contributed by atoms with Crippen LogP contribution < -0.4 is 0 Å². The first-order valence-corrected chi connectivity index (χ1v) is 5.91. The molecule has 0 unspecified atom stereocenters. The summed E-state index contributed by atoms with van der Waals surface area (Å²) in [6.07, 6.45) is 0.699. The second kappa shape index (κ2) is 6.75. The Balaban J connectivity index is 3.76. The van der Waals surface area contributed by atoms with Gasteiger partial charge in [-0.15, -0.1) is 0 Å². The van der Waals surface area contributed by atoms with Crippen molar-refractivity contribution in [3.05, 3.63) is 0 Å². The molecule has 0 heterocycles. The van der Waals surface area contributed by atoms with Crippen molar-refractivity contribution in [1.82, 2.24) is 0 Å².